The third-order valence-corrected chi connectivity index (χ3v) is 8.39. The van der Waals surface area contributed by atoms with E-state index in [0.717, 1.165) is 24.0 Å². The van der Waals surface area contributed by atoms with E-state index in [-0.39, 0.29) is 47.3 Å². The van der Waals surface area contributed by atoms with Crippen LogP contribution in [0.4, 0.5) is 0 Å². The van der Waals surface area contributed by atoms with Crippen LogP contribution in [0, 0.1) is 28.6 Å². The Hall–Kier alpha value is -1.23. The van der Waals surface area contributed by atoms with Crippen molar-refractivity contribution < 1.29 is 19.7 Å². The van der Waals surface area contributed by atoms with Gasteiger partial charge in [0.05, 0.1) is 24.4 Å². The minimum absolute atomic E-state index is 0.0719. The second-order valence-electron chi connectivity index (χ2n) is 10.9. The molecule has 0 bridgehead atoms. The van der Waals surface area contributed by atoms with Gasteiger partial charge < -0.3 is 14.9 Å². The Bertz CT molecular complexity index is 787. The van der Waals surface area contributed by atoms with Crippen LogP contribution in [0.25, 0.3) is 0 Å². The molecule has 7 atom stereocenters. The first-order valence-corrected chi connectivity index (χ1v) is 11.1. The molecule has 4 nitrogen and oxygen atoms in total. The molecule has 2 N–H and O–H groups in total. The molecule has 0 radical (unpaired) electrons. The molecule has 29 heavy (non-hydrogen) atoms. The zero-order valence-electron chi connectivity index (χ0n) is 18.4. The van der Waals surface area contributed by atoms with Crippen LogP contribution < -0.4 is 0 Å². The molecule has 4 rings (SSSR count). The van der Waals surface area contributed by atoms with E-state index >= 15 is 0 Å². The summed E-state index contributed by atoms with van der Waals surface area (Å²) in [7, 11) is 0. The third-order valence-electron chi connectivity index (χ3n) is 8.39. The van der Waals surface area contributed by atoms with Gasteiger partial charge in [-0.2, -0.15) is 0 Å². The summed E-state index contributed by atoms with van der Waals surface area (Å²) in [6, 6.07) is 0. The monoisotopic (exact) mass is 400 g/mol. The van der Waals surface area contributed by atoms with Crippen LogP contribution in [-0.2, 0) is 9.53 Å². The normalized spacial score (nSPS) is 46.4. The molecule has 0 aromatic heterocycles. The van der Waals surface area contributed by atoms with E-state index in [4.69, 9.17) is 4.74 Å². The number of fused-ring (bicyclic) bond motifs is 2. The number of ether oxygens (including phenoxy) is 1. The molecule has 4 heteroatoms. The van der Waals surface area contributed by atoms with Crippen LogP contribution in [0.3, 0.4) is 0 Å². The van der Waals surface area contributed by atoms with Gasteiger partial charge in [-0.1, -0.05) is 45.4 Å². The maximum Gasteiger partial charge on any atom is 0.159 e. The summed E-state index contributed by atoms with van der Waals surface area (Å²) in [6.07, 6.45) is 11.4. The average Bonchev–Trinajstić information content (AvgIpc) is 2.60. The Kier molecular flexibility index (Phi) is 5.00. The lowest BCUT2D eigenvalue weighted by Crippen LogP contribution is -2.60. The van der Waals surface area contributed by atoms with Crippen LogP contribution in [0.2, 0.25) is 0 Å². The summed E-state index contributed by atoms with van der Waals surface area (Å²) in [5, 5.41) is 21.6. The molecule has 0 aromatic carbocycles. The minimum Gasteiger partial charge on any atom is -0.392 e. The number of hydrogen-bond donors (Lipinski definition) is 2. The van der Waals surface area contributed by atoms with Gasteiger partial charge in [-0.25, -0.2) is 0 Å². The number of hydrogen-bond acceptors (Lipinski definition) is 4. The van der Waals surface area contributed by atoms with E-state index in [1.165, 1.54) is 6.42 Å². The van der Waals surface area contributed by atoms with Gasteiger partial charge in [-0.15, -0.1) is 0 Å². The Balaban J connectivity index is 1.77. The van der Waals surface area contributed by atoms with Gasteiger partial charge in [0.2, 0.25) is 0 Å². The molecule has 1 saturated carbocycles. The molecule has 0 saturated heterocycles. The number of aliphatic hydroxyl groups excluding tert-OH is 1. The highest BCUT2D eigenvalue weighted by atomic mass is 16.5. The summed E-state index contributed by atoms with van der Waals surface area (Å²) >= 11 is 0. The summed E-state index contributed by atoms with van der Waals surface area (Å²) in [6.45, 7) is 10.6. The molecular weight excluding hydrogens is 364 g/mol. The number of rotatable bonds is 2. The van der Waals surface area contributed by atoms with Crippen molar-refractivity contribution in [2.24, 2.45) is 28.6 Å². The van der Waals surface area contributed by atoms with Crippen molar-refractivity contribution in [2.75, 3.05) is 6.61 Å². The zero-order valence-corrected chi connectivity index (χ0v) is 18.4. The predicted molar refractivity (Wildman–Crippen MR) is 113 cm³/mol. The molecule has 0 spiro atoms. The van der Waals surface area contributed by atoms with E-state index in [9.17, 15) is 15.0 Å². The number of allylic oxidation sites excluding steroid dienone is 2. The van der Waals surface area contributed by atoms with Gasteiger partial charge in [0, 0.05) is 18.3 Å². The quantitative estimate of drug-likeness (QED) is 0.688. The number of carbonyl (C=O) groups is 1. The van der Waals surface area contributed by atoms with Crippen molar-refractivity contribution in [3.05, 3.63) is 35.5 Å². The number of ketones is 1. The van der Waals surface area contributed by atoms with Gasteiger partial charge in [-0.3, -0.25) is 4.79 Å². The molecule has 160 valence electrons. The number of aliphatic hydroxyl groups is 2. The summed E-state index contributed by atoms with van der Waals surface area (Å²) in [5.41, 5.74) is 0.701. The van der Waals surface area contributed by atoms with Gasteiger partial charge in [-0.05, 0) is 60.7 Å². The van der Waals surface area contributed by atoms with Crippen LogP contribution >= 0.6 is 0 Å². The first-order chi connectivity index (χ1) is 13.5. The van der Waals surface area contributed by atoms with Crippen LogP contribution in [0.5, 0.6) is 0 Å². The molecule has 0 unspecified atom stereocenters. The van der Waals surface area contributed by atoms with E-state index in [1.807, 2.05) is 32.1 Å². The number of carbonyl (C=O) groups excluding carboxylic acids is 1. The Morgan fingerprint density at radius 2 is 1.86 bits per heavy atom. The summed E-state index contributed by atoms with van der Waals surface area (Å²) in [4.78, 5) is 12.2. The van der Waals surface area contributed by atoms with E-state index < -0.39 is 5.60 Å². The second kappa shape index (κ2) is 6.90. The lowest BCUT2D eigenvalue weighted by molar-refractivity contribution is -0.164. The Labute approximate surface area is 174 Å². The van der Waals surface area contributed by atoms with Crippen LogP contribution in [0.1, 0.15) is 60.3 Å². The van der Waals surface area contributed by atoms with Gasteiger partial charge >= 0.3 is 0 Å². The third kappa shape index (κ3) is 3.28. The maximum atomic E-state index is 12.2. The lowest BCUT2D eigenvalue weighted by atomic mass is 9.47. The molecule has 3 aliphatic carbocycles. The fourth-order valence-corrected chi connectivity index (χ4v) is 7.04. The summed E-state index contributed by atoms with van der Waals surface area (Å²) in [5.74, 6) is 0.286. The smallest absolute Gasteiger partial charge is 0.159 e. The van der Waals surface area contributed by atoms with E-state index in [0.29, 0.717) is 12.3 Å². The van der Waals surface area contributed by atoms with Crippen molar-refractivity contribution >= 4 is 5.78 Å². The summed E-state index contributed by atoms with van der Waals surface area (Å²) < 4.78 is 6.59. The topological polar surface area (TPSA) is 66.8 Å². The van der Waals surface area contributed by atoms with Crippen LogP contribution in [-0.4, -0.2) is 40.4 Å². The SMILES string of the molecule is CC1=C[C@H]2O[C@@H]([C@@H]3[C@@]4(C)CCCC(C)(C)[C@@H]4C=C[C@@]3(C)O)C=C(CO)[C@H]2CC1=O. The van der Waals surface area contributed by atoms with Gasteiger partial charge in [0.1, 0.15) is 0 Å². The molecular formula is C25H36O4. The highest BCUT2D eigenvalue weighted by Gasteiger charge is 2.59. The zero-order chi connectivity index (χ0) is 21.2. The van der Waals surface area contributed by atoms with Crippen LogP contribution in [0.15, 0.2) is 35.5 Å². The predicted octanol–water partition coefficient (Wildman–Crippen LogP) is 3.98. The Morgan fingerprint density at radius 3 is 2.55 bits per heavy atom. The fraction of sp³-hybridized carbons (Fsp3) is 0.720. The Morgan fingerprint density at radius 1 is 1.14 bits per heavy atom. The minimum atomic E-state index is -0.990. The fourth-order valence-electron chi connectivity index (χ4n) is 7.04. The molecule has 1 heterocycles. The van der Waals surface area contributed by atoms with Crippen molar-refractivity contribution in [1.82, 2.24) is 0 Å². The van der Waals surface area contributed by atoms with Crippen molar-refractivity contribution in [2.45, 2.75) is 78.1 Å². The maximum absolute atomic E-state index is 12.2. The second-order valence-corrected chi connectivity index (χ2v) is 10.9. The first-order valence-electron chi connectivity index (χ1n) is 11.1. The van der Waals surface area contributed by atoms with Crippen molar-refractivity contribution in [3.8, 4) is 0 Å². The first kappa shape index (κ1) is 21.0. The molecule has 0 amide bonds. The largest absolute Gasteiger partial charge is 0.392 e. The van der Waals surface area contributed by atoms with Gasteiger partial charge in [0.25, 0.3) is 0 Å². The van der Waals surface area contributed by atoms with E-state index in [1.54, 1.807) is 0 Å². The standard InChI is InChI=1S/C25H36O4/c1-15-11-19-17(13-18(15)27)16(14-26)12-20(29-19)22-24(4)9-6-8-23(2,3)21(24)7-10-25(22,5)28/h7,10-12,17,19-22,26,28H,6,8-9,13-14H2,1-5H3/t17-,19-,20-,21+,22-,24+,25-/m1/s1. The van der Waals surface area contributed by atoms with Gasteiger partial charge in [0.15, 0.2) is 5.78 Å². The highest BCUT2D eigenvalue weighted by Crippen LogP contribution is 2.61. The average molecular weight is 401 g/mol. The molecule has 1 fully saturated rings. The number of Topliss-reactive ketones (excluding diaryl/α,β-unsaturated/α-hetero) is 1. The van der Waals surface area contributed by atoms with Crippen molar-refractivity contribution in [3.63, 3.8) is 0 Å². The van der Waals surface area contributed by atoms with E-state index in [2.05, 4.69) is 26.8 Å². The van der Waals surface area contributed by atoms with Crippen molar-refractivity contribution in [1.29, 1.82) is 0 Å². The molecule has 4 aliphatic rings. The lowest BCUT2D eigenvalue weighted by Gasteiger charge is -2.60. The molecule has 1 aliphatic heterocycles. The molecule has 0 aromatic rings. The highest BCUT2D eigenvalue weighted by molar-refractivity contribution is 5.96.